The quantitative estimate of drug-likeness (QED) is 0.641. The minimum absolute atomic E-state index is 0. The van der Waals surface area contributed by atoms with Crippen molar-refractivity contribution < 1.29 is 36.1 Å². The van der Waals surface area contributed by atoms with Gasteiger partial charge in [0.15, 0.2) is 0 Å². The summed E-state index contributed by atoms with van der Waals surface area (Å²) < 4.78 is 28.6. The molecule has 0 radical (unpaired) electrons. The van der Waals surface area contributed by atoms with E-state index in [1.54, 1.807) is 0 Å². The van der Waals surface area contributed by atoms with Crippen LogP contribution in [-0.4, -0.2) is 13.1 Å². The van der Waals surface area contributed by atoms with Crippen LogP contribution in [0.3, 0.4) is 0 Å². The Balaban J connectivity index is -0.000000626. The number of benzene rings is 2. The second-order valence-electron chi connectivity index (χ2n) is 4.34. The van der Waals surface area contributed by atoms with Gasteiger partial charge in [-0.1, -0.05) is 48.5 Å². The van der Waals surface area contributed by atoms with Crippen LogP contribution in [0.2, 0.25) is 0 Å². The summed E-state index contributed by atoms with van der Waals surface area (Å²) in [6.07, 6.45) is 0.0126. The molecule has 0 aromatic heterocycles. The van der Waals surface area contributed by atoms with Gasteiger partial charge in [-0.05, 0) is 31.7 Å². The first-order valence-electron chi connectivity index (χ1n) is 6.86. The Labute approximate surface area is 159 Å². The Morgan fingerprint density at radius 3 is 1.60 bits per heavy atom. The van der Waals surface area contributed by atoms with E-state index in [9.17, 15) is 0 Å². The zero-order chi connectivity index (χ0) is 18.8. The molecule has 2 atom stereocenters. The van der Waals surface area contributed by atoms with Crippen molar-refractivity contribution in [2.24, 2.45) is 0 Å². The van der Waals surface area contributed by atoms with E-state index in [2.05, 4.69) is 44.3 Å². The molecule has 0 aliphatic carbocycles. The van der Waals surface area contributed by atoms with Gasteiger partial charge >= 0.3 is 33.9 Å². The molecule has 0 amide bonds. The second kappa shape index (κ2) is 20.0. The van der Waals surface area contributed by atoms with E-state index in [-0.39, 0.29) is 29.5 Å². The molecule has 0 unspecified atom stereocenters. The monoisotopic (exact) mass is 377 g/mol. The van der Waals surface area contributed by atoms with Crippen molar-refractivity contribution in [3.05, 3.63) is 86.2 Å². The van der Waals surface area contributed by atoms with Crippen molar-refractivity contribution in [2.45, 2.75) is 19.1 Å². The molecule has 0 saturated heterocycles. The maximum absolute atomic E-state index is 7.50. The summed E-state index contributed by atoms with van der Waals surface area (Å²) in [4.78, 5) is 0. The minimum atomic E-state index is 0. The van der Waals surface area contributed by atoms with Crippen LogP contribution < -0.4 is 10.1 Å². The summed E-state index contributed by atoms with van der Waals surface area (Å²) in [6.45, 7) is 15.6. The minimum Gasteiger partial charge on any atom is 0 e. The van der Waals surface area contributed by atoms with Crippen LogP contribution in [0.15, 0.2) is 60.7 Å². The molecule has 1 N–H and O–H groups in total. The summed E-state index contributed by atoms with van der Waals surface area (Å²) in [5, 5.41) is 3.26. The molecule has 6 heteroatoms. The van der Waals surface area contributed by atoms with E-state index in [0.717, 1.165) is 5.75 Å². The Morgan fingerprint density at radius 1 is 0.800 bits per heavy atom. The van der Waals surface area contributed by atoms with Crippen LogP contribution >= 0.6 is 0 Å². The van der Waals surface area contributed by atoms with E-state index in [1.807, 2.05) is 55.6 Å². The topological polar surface area (TPSA) is 81.0 Å². The summed E-state index contributed by atoms with van der Waals surface area (Å²) in [7, 11) is 1.95. The van der Waals surface area contributed by atoms with Crippen LogP contribution in [0, 0.1) is 20.0 Å². The van der Waals surface area contributed by atoms with Crippen molar-refractivity contribution in [3.63, 3.8) is 0 Å². The molecule has 2 aromatic carbocycles. The fourth-order valence-electron chi connectivity index (χ4n) is 1.90. The van der Waals surface area contributed by atoms with Crippen LogP contribution in [0.25, 0.3) is 0 Å². The van der Waals surface area contributed by atoms with Gasteiger partial charge in [0.05, 0.1) is 0 Å². The molecule has 0 saturated carbocycles. The standard InChI is InChI=1S/C16H19NO.3CO.Cr/c1-13(17-2)16(14-9-5-3-6-10-14)18-15-11-7-4-8-12-15;3*1-2;/h3-13,16-17H,1-2H3;;;;/t13-,16+;;;;/m0..../s1. The van der Waals surface area contributed by atoms with Gasteiger partial charge in [-0.25, -0.2) is 0 Å². The van der Waals surface area contributed by atoms with Gasteiger partial charge < -0.3 is 10.1 Å². The number of nitrogens with one attached hydrogen (secondary N) is 1. The van der Waals surface area contributed by atoms with Crippen molar-refractivity contribution in [3.8, 4) is 5.75 Å². The maximum Gasteiger partial charge on any atom is 0 e. The average Bonchev–Trinajstić information content (AvgIpc) is 2.71. The molecule has 0 aliphatic rings. The first kappa shape index (κ1) is 27.8. The number of rotatable bonds is 5. The fourth-order valence-corrected chi connectivity index (χ4v) is 1.90. The van der Waals surface area contributed by atoms with Gasteiger partial charge in [-0.2, -0.15) is 0 Å². The molecule has 0 fully saturated rings. The van der Waals surface area contributed by atoms with Crippen LogP contribution in [0.4, 0.5) is 0 Å². The predicted octanol–water partition coefficient (Wildman–Crippen LogP) is 3.30. The first-order chi connectivity index (χ1) is 11.8. The molecule has 130 valence electrons. The first-order valence-corrected chi connectivity index (χ1v) is 6.86. The molecule has 5 nitrogen and oxygen atoms in total. The summed E-state index contributed by atoms with van der Waals surface area (Å²) in [6, 6.07) is 20.5. The molecule has 0 spiro atoms. The van der Waals surface area contributed by atoms with Crippen LogP contribution in [-0.2, 0) is 31.3 Å². The third kappa shape index (κ3) is 11.2. The Hall–Kier alpha value is -2.05. The number of likely N-dealkylation sites (N-methyl/N-ethyl adjacent to an activating group) is 1. The van der Waals surface area contributed by atoms with Crippen molar-refractivity contribution in [1.29, 1.82) is 0 Å². The van der Waals surface area contributed by atoms with Crippen molar-refractivity contribution >= 4 is 0 Å². The molecule has 0 heterocycles. The molecular formula is C19H19CrNO4. The van der Waals surface area contributed by atoms with Crippen LogP contribution in [0.1, 0.15) is 18.6 Å². The Morgan fingerprint density at radius 2 is 1.20 bits per heavy atom. The van der Waals surface area contributed by atoms with E-state index in [0.29, 0.717) is 0 Å². The zero-order valence-electron chi connectivity index (χ0n) is 14.0. The average molecular weight is 377 g/mol. The molecule has 25 heavy (non-hydrogen) atoms. The van der Waals surface area contributed by atoms with Gasteiger partial charge in [0.25, 0.3) is 0 Å². The Kier molecular flexibility index (Phi) is 22.2. The third-order valence-corrected chi connectivity index (χ3v) is 3.04. The summed E-state index contributed by atoms with van der Waals surface area (Å²) in [5.74, 6) is 0.897. The molecule has 2 rings (SSSR count). The van der Waals surface area contributed by atoms with Gasteiger partial charge in [-0.3, -0.25) is 0 Å². The van der Waals surface area contributed by atoms with Crippen molar-refractivity contribution in [2.75, 3.05) is 7.05 Å². The Bertz CT molecular complexity index is 570. The molecule has 0 aliphatic heterocycles. The third-order valence-electron chi connectivity index (χ3n) is 3.04. The van der Waals surface area contributed by atoms with E-state index in [1.165, 1.54) is 5.56 Å². The number of hydrogen-bond acceptors (Lipinski definition) is 2. The van der Waals surface area contributed by atoms with E-state index in [4.69, 9.17) is 18.7 Å². The van der Waals surface area contributed by atoms with Gasteiger partial charge in [-0.15, -0.1) is 0 Å². The fraction of sp³-hybridized carbons (Fsp3) is 0.211. The molecular weight excluding hydrogens is 358 g/mol. The molecule has 0 bridgehead atoms. The smallest absolute Gasteiger partial charge is 0 e. The summed E-state index contributed by atoms with van der Waals surface area (Å²) in [5.41, 5.74) is 1.18. The SMILES string of the molecule is CN[C@@H](C)[C@@H](Oc1ccccc1)c1ccccc1.[C-]#[O+].[C-]#[O+].[C-]#[O+].[Cr]. The normalized spacial score (nSPS) is 10.2. The summed E-state index contributed by atoms with van der Waals surface area (Å²) >= 11 is 0. The van der Waals surface area contributed by atoms with Gasteiger partial charge in [0.2, 0.25) is 0 Å². The number of para-hydroxylation sites is 1. The van der Waals surface area contributed by atoms with E-state index >= 15 is 0 Å². The predicted molar refractivity (Wildman–Crippen MR) is 86.6 cm³/mol. The van der Waals surface area contributed by atoms with Gasteiger partial charge in [0.1, 0.15) is 11.9 Å². The van der Waals surface area contributed by atoms with E-state index < -0.39 is 0 Å². The number of hydrogen-bond donors (Lipinski definition) is 1. The van der Waals surface area contributed by atoms with Crippen molar-refractivity contribution in [1.82, 2.24) is 5.32 Å². The largest absolute Gasteiger partial charge is 0 e. The maximum atomic E-state index is 7.50. The zero-order valence-corrected chi connectivity index (χ0v) is 15.2. The molecule has 2 aromatic rings. The van der Waals surface area contributed by atoms with Crippen LogP contribution in [0.5, 0.6) is 5.75 Å². The van der Waals surface area contributed by atoms with Gasteiger partial charge in [0, 0.05) is 23.4 Å². The number of ether oxygens (including phenoxy) is 1. The second-order valence-corrected chi connectivity index (χ2v) is 4.34.